The van der Waals surface area contributed by atoms with Crippen LogP contribution in [0.15, 0.2) is 0 Å². The summed E-state index contributed by atoms with van der Waals surface area (Å²) in [5.74, 6) is -0.424. The maximum atomic E-state index is 10.4. The smallest absolute Gasteiger partial charge is 0.240 e. The van der Waals surface area contributed by atoms with Crippen LogP contribution in [0.1, 0.15) is 6.42 Å². The summed E-state index contributed by atoms with van der Waals surface area (Å²) in [6.07, 6.45) is 0.277. The number of hydrogen-bond acceptors (Lipinski definition) is 3. The molecule has 1 unspecified atom stereocenters. The average molecular weight is 222 g/mol. The Labute approximate surface area is 72.4 Å². The minimum Gasteiger partial charge on any atom is -0.377 e. The molecule has 0 saturated carbocycles. The Morgan fingerprint density at radius 1 is 1.45 bits per heavy atom. The highest BCUT2D eigenvalue weighted by Gasteiger charge is 2.27. The molecule has 0 aromatic carbocycles. The van der Waals surface area contributed by atoms with Gasteiger partial charge in [0.25, 0.3) is 0 Å². The van der Waals surface area contributed by atoms with E-state index < -0.39 is 0 Å². The quantitative estimate of drug-likeness (QED) is 0.351. The van der Waals surface area contributed by atoms with Crippen LogP contribution in [0.25, 0.3) is 0 Å². The number of alkyl halides is 1. The van der Waals surface area contributed by atoms with E-state index in [1.807, 2.05) is 0 Å². The standard InChI is InChI=1S/C4H4BrNO2.C2H4O/c5-2-1-3(7)6-4(2)8;1-2-3-1/h2H,1H2,(H,6,7,8);1-2H2. The Bertz CT molecular complexity index is 178. The molecule has 1 atom stereocenters. The van der Waals surface area contributed by atoms with Gasteiger partial charge in [-0.2, -0.15) is 0 Å². The molecule has 0 bridgehead atoms. The molecule has 4 nitrogen and oxygen atoms in total. The Hall–Kier alpha value is -0.420. The van der Waals surface area contributed by atoms with E-state index in [0.29, 0.717) is 0 Å². The third-order valence-electron chi connectivity index (χ3n) is 1.12. The van der Waals surface area contributed by atoms with Crippen molar-refractivity contribution in [3.05, 3.63) is 0 Å². The molecule has 2 aliphatic heterocycles. The molecule has 62 valence electrons. The van der Waals surface area contributed by atoms with Crippen LogP contribution in [0.4, 0.5) is 0 Å². The summed E-state index contributed by atoms with van der Waals surface area (Å²) >= 11 is 3.01. The second kappa shape index (κ2) is 3.82. The largest absolute Gasteiger partial charge is 0.377 e. The maximum absolute atomic E-state index is 10.4. The molecule has 1 N–H and O–H groups in total. The third kappa shape index (κ3) is 3.48. The highest BCUT2D eigenvalue weighted by molar-refractivity contribution is 9.10. The van der Waals surface area contributed by atoms with Gasteiger partial charge in [-0.1, -0.05) is 15.9 Å². The first-order valence-electron chi connectivity index (χ1n) is 3.25. The summed E-state index contributed by atoms with van der Waals surface area (Å²) in [5.41, 5.74) is 0. The second-order valence-electron chi connectivity index (χ2n) is 2.20. The normalized spacial score (nSPS) is 27.2. The van der Waals surface area contributed by atoms with Crippen molar-refractivity contribution < 1.29 is 14.3 Å². The first-order chi connectivity index (χ1) is 5.20. The van der Waals surface area contributed by atoms with Gasteiger partial charge in [-0.3, -0.25) is 14.9 Å². The van der Waals surface area contributed by atoms with E-state index in [-0.39, 0.29) is 23.1 Å². The lowest BCUT2D eigenvalue weighted by Crippen LogP contribution is -2.21. The fourth-order valence-corrected chi connectivity index (χ4v) is 0.931. The molecule has 0 spiro atoms. The van der Waals surface area contributed by atoms with Gasteiger partial charge in [0.05, 0.1) is 13.2 Å². The molecule has 2 heterocycles. The van der Waals surface area contributed by atoms with Crippen LogP contribution >= 0.6 is 15.9 Å². The van der Waals surface area contributed by atoms with Crippen LogP contribution < -0.4 is 5.32 Å². The van der Waals surface area contributed by atoms with E-state index in [1.165, 1.54) is 0 Å². The lowest BCUT2D eigenvalue weighted by atomic mass is 10.4. The van der Waals surface area contributed by atoms with Crippen molar-refractivity contribution >= 4 is 27.7 Å². The van der Waals surface area contributed by atoms with Crippen molar-refractivity contribution in [2.75, 3.05) is 13.2 Å². The summed E-state index contributed by atoms with van der Waals surface area (Å²) in [4.78, 5) is 20.4. The molecule has 0 aliphatic carbocycles. The molecule has 2 fully saturated rings. The van der Waals surface area contributed by atoms with E-state index >= 15 is 0 Å². The molecule has 0 aromatic rings. The summed E-state index contributed by atoms with van der Waals surface area (Å²) in [5, 5.41) is 2.14. The van der Waals surface area contributed by atoms with Gasteiger partial charge in [-0.05, 0) is 0 Å². The van der Waals surface area contributed by atoms with Crippen molar-refractivity contribution in [1.82, 2.24) is 5.32 Å². The number of hydrogen-bond donors (Lipinski definition) is 1. The number of carbonyl (C=O) groups is 2. The van der Waals surface area contributed by atoms with Crippen LogP contribution in [0, 0.1) is 0 Å². The van der Waals surface area contributed by atoms with E-state index in [9.17, 15) is 9.59 Å². The minimum absolute atomic E-state index is 0.197. The lowest BCUT2D eigenvalue weighted by Gasteiger charge is -1.86. The van der Waals surface area contributed by atoms with Crippen LogP contribution in [0.5, 0.6) is 0 Å². The summed E-state index contributed by atoms with van der Waals surface area (Å²) in [7, 11) is 0. The highest BCUT2D eigenvalue weighted by atomic mass is 79.9. The minimum atomic E-state index is -0.296. The molecule has 0 aromatic heterocycles. The van der Waals surface area contributed by atoms with Gasteiger partial charge in [0.1, 0.15) is 4.83 Å². The number of amides is 2. The van der Waals surface area contributed by atoms with E-state index in [0.717, 1.165) is 13.2 Å². The number of carbonyl (C=O) groups excluding carboxylic acids is 2. The van der Waals surface area contributed by atoms with Gasteiger partial charge >= 0.3 is 0 Å². The second-order valence-corrected chi connectivity index (χ2v) is 3.30. The van der Waals surface area contributed by atoms with Crippen molar-refractivity contribution in [1.29, 1.82) is 0 Å². The van der Waals surface area contributed by atoms with E-state index in [2.05, 4.69) is 26.0 Å². The molecule has 11 heavy (non-hydrogen) atoms. The maximum Gasteiger partial charge on any atom is 0.240 e. The van der Waals surface area contributed by atoms with Crippen molar-refractivity contribution in [3.8, 4) is 0 Å². The van der Waals surface area contributed by atoms with Crippen LogP contribution in [-0.2, 0) is 14.3 Å². The molecule has 2 amide bonds. The molecule has 2 rings (SSSR count). The van der Waals surface area contributed by atoms with Gasteiger partial charge in [-0.25, -0.2) is 0 Å². The SMILES string of the molecule is C1CO1.O=C1CC(Br)C(=O)N1. The van der Waals surface area contributed by atoms with Gasteiger partial charge in [-0.15, -0.1) is 0 Å². The van der Waals surface area contributed by atoms with Gasteiger partial charge in [0.2, 0.25) is 11.8 Å². The number of epoxide rings is 1. The Kier molecular flexibility index (Phi) is 3.02. The summed E-state index contributed by atoms with van der Waals surface area (Å²) in [6.45, 7) is 2.00. The van der Waals surface area contributed by atoms with Crippen LogP contribution in [0.3, 0.4) is 0 Å². The molecule has 2 aliphatic rings. The van der Waals surface area contributed by atoms with Crippen LogP contribution in [-0.4, -0.2) is 29.9 Å². The number of nitrogens with one attached hydrogen (secondary N) is 1. The van der Waals surface area contributed by atoms with Gasteiger partial charge in [0, 0.05) is 6.42 Å². The molecule has 5 heteroatoms. The summed E-state index contributed by atoms with van der Waals surface area (Å²) < 4.78 is 4.50. The molecule has 0 radical (unpaired) electrons. The predicted molar refractivity (Wildman–Crippen MR) is 41.3 cm³/mol. The Morgan fingerprint density at radius 2 is 2.00 bits per heavy atom. The molecule has 2 saturated heterocycles. The topological polar surface area (TPSA) is 58.7 Å². The first kappa shape index (κ1) is 8.67. The fraction of sp³-hybridized carbons (Fsp3) is 0.667. The summed E-state index contributed by atoms with van der Waals surface area (Å²) in [6, 6.07) is 0. The number of ether oxygens (including phenoxy) is 1. The Balaban J connectivity index is 0.000000167. The van der Waals surface area contributed by atoms with Crippen molar-refractivity contribution in [2.45, 2.75) is 11.2 Å². The van der Waals surface area contributed by atoms with Crippen molar-refractivity contribution in [2.24, 2.45) is 0 Å². The predicted octanol–water partition coefficient (Wildman–Crippen LogP) is -0.187. The zero-order chi connectivity index (χ0) is 8.27. The Morgan fingerprint density at radius 3 is 2.09 bits per heavy atom. The lowest BCUT2D eigenvalue weighted by molar-refractivity contribution is -0.124. The number of imide groups is 1. The van der Waals surface area contributed by atoms with Gasteiger partial charge < -0.3 is 4.74 Å². The molecular formula is C6H8BrNO3. The van der Waals surface area contributed by atoms with E-state index in [4.69, 9.17) is 0 Å². The fourth-order valence-electron chi connectivity index (χ4n) is 0.522. The van der Waals surface area contributed by atoms with Gasteiger partial charge in [0.15, 0.2) is 0 Å². The third-order valence-corrected chi connectivity index (χ3v) is 1.86. The molecular weight excluding hydrogens is 214 g/mol. The monoisotopic (exact) mass is 221 g/mol. The average Bonchev–Trinajstić information content (AvgIpc) is 2.68. The number of halogens is 1. The number of rotatable bonds is 0. The van der Waals surface area contributed by atoms with Crippen LogP contribution in [0.2, 0.25) is 0 Å². The van der Waals surface area contributed by atoms with Crippen molar-refractivity contribution in [3.63, 3.8) is 0 Å². The highest BCUT2D eigenvalue weighted by Crippen LogP contribution is 2.10. The first-order valence-corrected chi connectivity index (χ1v) is 4.17. The zero-order valence-electron chi connectivity index (χ0n) is 5.80. The van der Waals surface area contributed by atoms with E-state index in [1.54, 1.807) is 0 Å². The zero-order valence-corrected chi connectivity index (χ0v) is 7.39.